The van der Waals surface area contributed by atoms with Crippen LogP contribution in [0.1, 0.15) is 17.3 Å². The number of pyridine rings is 1. The number of hydrogen-bond acceptors (Lipinski definition) is 7. The van der Waals surface area contributed by atoms with Crippen molar-refractivity contribution in [2.45, 2.75) is 13.0 Å². The number of rotatable bonds is 6. The molecule has 1 aliphatic rings. The Morgan fingerprint density at radius 2 is 1.81 bits per heavy atom. The molecule has 1 aromatic heterocycles. The molecule has 0 bridgehead atoms. The van der Waals surface area contributed by atoms with Crippen LogP contribution in [0.25, 0.3) is 0 Å². The van der Waals surface area contributed by atoms with Crippen molar-refractivity contribution >= 4 is 23.3 Å². The fraction of sp³-hybridized carbons (Fsp3) is 0.174. The van der Waals surface area contributed by atoms with Gasteiger partial charge in [-0.1, -0.05) is 12.1 Å². The number of anilines is 2. The third-order valence-electron chi connectivity index (χ3n) is 4.58. The second-order valence-corrected chi connectivity index (χ2v) is 6.79. The lowest BCUT2D eigenvalue weighted by Crippen LogP contribution is -2.50. The first-order chi connectivity index (χ1) is 15.6. The van der Waals surface area contributed by atoms with E-state index in [1.165, 1.54) is 0 Å². The van der Waals surface area contributed by atoms with Crippen molar-refractivity contribution in [1.82, 2.24) is 15.8 Å². The van der Waals surface area contributed by atoms with Gasteiger partial charge in [0.2, 0.25) is 6.10 Å². The predicted molar refractivity (Wildman–Crippen MR) is 117 cm³/mol. The molecular weight excluding hydrogens is 412 g/mol. The minimum absolute atomic E-state index is 0.0379. The Morgan fingerprint density at radius 3 is 2.59 bits per heavy atom. The normalized spacial score (nSPS) is 14.2. The van der Waals surface area contributed by atoms with Crippen LogP contribution in [0.5, 0.6) is 17.2 Å². The van der Waals surface area contributed by atoms with E-state index in [-0.39, 0.29) is 12.2 Å². The highest BCUT2D eigenvalue weighted by Gasteiger charge is 2.27. The van der Waals surface area contributed by atoms with Crippen LogP contribution >= 0.6 is 0 Å². The van der Waals surface area contributed by atoms with Crippen LogP contribution in [0.4, 0.5) is 11.5 Å². The van der Waals surface area contributed by atoms with Crippen LogP contribution in [-0.2, 0) is 4.79 Å². The van der Waals surface area contributed by atoms with E-state index in [0.717, 1.165) is 11.4 Å². The van der Waals surface area contributed by atoms with E-state index in [1.54, 1.807) is 36.5 Å². The Labute approximate surface area is 184 Å². The van der Waals surface area contributed by atoms with Gasteiger partial charge in [-0.15, -0.1) is 0 Å². The van der Waals surface area contributed by atoms with Crippen molar-refractivity contribution in [3.05, 3.63) is 72.4 Å². The molecule has 9 nitrogen and oxygen atoms in total. The molecule has 32 heavy (non-hydrogen) atoms. The molecule has 0 spiro atoms. The Bertz CT molecular complexity index is 1100. The summed E-state index contributed by atoms with van der Waals surface area (Å²) in [6.45, 7) is 2.53. The van der Waals surface area contributed by atoms with E-state index >= 15 is 0 Å². The van der Waals surface area contributed by atoms with Gasteiger partial charge in [0.05, 0.1) is 12.2 Å². The van der Waals surface area contributed by atoms with Gasteiger partial charge in [0.1, 0.15) is 18.2 Å². The van der Waals surface area contributed by atoms with Gasteiger partial charge in [0.25, 0.3) is 11.8 Å². The zero-order chi connectivity index (χ0) is 22.3. The third-order valence-corrected chi connectivity index (χ3v) is 4.58. The second-order valence-electron chi connectivity index (χ2n) is 6.79. The Morgan fingerprint density at radius 1 is 1.03 bits per heavy atom. The molecule has 164 valence electrons. The molecule has 1 atom stereocenters. The standard InChI is InChI=1S/C23H22N4O5/c1-2-30-16-11-9-15(10-12-16)25-21-17(6-5-13-24-21)22(28)26-27-23(29)20-14-31-18-7-3-4-8-19(18)32-20/h3-13,20H,2,14H2,1H3,(H,24,25)(H,26,28)(H,27,29). The molecule has 1 aliphatic heterocycles. The molecular formula is C23H22N4O5. The molecule has 2 amide bonds. The summed E-state index contributed by atoms with van der Waals surface area (Å²) in [6.07, 6.45) is 0.678. The maximum atomic E-state index is 12.7. The SMILES string of the molecule is CCOc1ccc(Nc2ncccc2C(=O)NNC(=O)C2COc3ccccc3O2)cc1. The van der Waals surface area contributed by atoms with Crippen LogP contribution in [0.15, 0.2) is 66.9 Å². The number of ether oxygens (including phenoxy) is 3. The monoisotopic (exact) mass is 434 g/mol. The average Bonchev–Trinajstić information content (AvgIpc) is 2.83. The number of para-hydroxylation sites is 2. The average molecular weight is 434 g/mol. The highest BCUT2D eigenvalue weighted by Crippen LogP contribution is 2.30. The van der Waals surface area contributed by atoms with Gasteiger partial charge in [0, 0.05) is 11.9 Å². The van der Waals surface area contributed by atoms with Crippen LogP contribution < -0.4 is 30.4 Å². The molecule has 0 fully saturated rings. The highest BCUT2D eigenvalue weighted by molar-refractivity contribution is 6.00. The minimum atomic E-state index is -0.888. The Kier molecular flexibility index (Phi) is 6.35. The summed E-state index contributed by atoms with van der Waals surface area (Å²) in [7, 11) is 0. The zero-order valence-corrected chi connectivity index (χ0v) is 17.3. The van der Waals surface area contributed by atoms with E-state index in [9.17, 15) is 9.59 Å². The third kappa shape index (κ3) is 4.89. The number of nitrogens with one attached hydrogen (secondary N) is 3. The molecule has 0 saturated carbocycles. The summed E-state index contributed by atoms with van der Waals surface area (Å²) in [5, 5.41) is 3.10. The molecule has 0 saturated heterocycles. The summed E-state index contributed by atoms with van der Waals surface area (Å²) in [6, 6.07) is 17.6. The number of hydrogen-bond donors (Lipinski definition) is 3. The lowest BCUT2D eigenvalue weighted by atomic mass is 10.2. The number of nitrogens with zero attached hydrogens (tertiary/aromatic N) is 1. The number of fused-ring (bicyclic) bond motifs is 1. The summed E-state index contributed by atoms with van der Waals surface area (Å²) >= 11 is 0. The number of carbonyl (C=O) groups excluding carboxylic acids is 2. The maximum Gasteiger partial charge on any atom is 0.283 e. The lowest BCUT2D eigenvalue weighted by molar-refractivity contribution is -0.131. The first kappa shape index (κ1) is 21.0. The van der Waals surface area contributed by atoms with Gasteiger partial charge >= 0.3 is 0 Å². The largest absolute Gasteiger partial charge is 0.494 e. The van der Waals surface area contributed by atoms with E-state index in [2.05, 4.69) is 21.2 Å². The first-order valence-corrected chi connectivity index (χ1v) is 10.1. The van der Waals surface area contributed by atoms with Gasteiger partial charge < -0.3 is 19.5 Å². The number of amides is 2. The fourth-order valence-electron chi connectivity index (χ4n) is 3.04. The fourth-order valence-corrected chi connectivity index (χ4v) is 3.04. The molecule has 4 rings (SSSR count). The van der Waals surface area contributed by atoms with Crippen LogP contribution in [0.3, 0.4) is 0 Å². The zero-order valence-electron chi connectivity index (χ0n) is 17.3. The number of carbonyl (C=O) groups is 2. The summed E-state index contributed by atoms with van der Waals surface area (Å²) < 4.78 is 16.6. The molecule has 9 heteroatoms. The quantitative estimate of drug-likeness (QED) is 0.512. The molecule has 2 heterocycles. The van der Waals surface area contributed by atoms with Gasteiger partial charge in [0.15, 0.2) is 11.5 Å². The van der Waals surface area contributed by atoms with E-state index in [0.29, 0.717) is 23.9 Å². The van der Waals surface area contributed by atoms with Gasteiger partial charge in [-0.25, -0.2) is 4.98 Å². The van der Waals surface area contributed by atoms with Crippen molar-refractivity contribution in [3.8, 4) is 17.2 Å². The molecule has 2 aromatic carbocycles. The van der Waals surface area contributed by atoms with Crippen molar-refractivity contribution < 1.29 is 23.8 Å². The number of aromatic nitrogens is 1. The first-order valence-electron chi connectivity index (χ1n) is 10.1. The number of hydrazine groups is 1. The highest BCUT2D eigenvalue weighted by atomic mass is 16.6. The summed E-state index contributed by atoms with van der Waals surface area (Å²) in [5.41, 5.74) is 5.77. The van der Waals surface area contributed by atoms with E-state index in [1.807, 2.05) is 37.3 Å². The van der Waals surface area contributed by atoms with Crippen molar-refractivity contribution in [3.63, 3.8) is 0 Å². The maximum absolute atomic E-state index is 12.7. The Hall–Kier alpha value is -4.27. The molecule has 1 unspecified atom stereocenters. The molecule has 3 N–H and O–H groups in total. The van der Waals surface area contributed by atoms with E-state index < -0.39 is 17.9 Å². The van der Waals surface area contributed by atoms with Crippen molar-refractivity contribution in [2.24, 2.45) is 0 Å². The van der Waals surface area contributed by atoms with Crippen LogP contribution in [-0.4, -0.2) is 36.1 Å². The Balaban J connectivity index is 1.37. The van der Waals surface area contributed by atoms with Gasteiger partial charge in [-0.05, 0) is 55.5 Å². The molecule has 0 radical (unpaired) electrons. The molecule has 3 aromatic rings. The topological polar surface area (TPSA) is 111 Å². The summed E-state index contributed by atoms with van der Waals surface area (Å²) in [4.78, 5) is 29.3. The minimum Gasteiger partial charge on any atom is -0.494 e. The smallest absolute Gasteiger partial charge is 0.283 e. The lowest BCUT2D eigenvalue weighted by Gasteiger charge is -2.25. The van der Waals surface area contributed by atoms with Gasteiger partial charge in [-0.2, -0.15) is 0 Å². The van der Waals surface area contributed by atoms with Crippen molar-refractivity contribution in [2.75, 3.05) is 18.5 Å². The molecule has 0 aliphatic carbocycles. The van der Waals surface area contributed by atoms with E-state index in [4.69, 9.17) is 14.2 Å². The van der Waals surface area contributed by atoms with Crippen LogP contribution in [0, 0.1) is 0 Å². The second kappa shape index (κ2) is 9.69. The number of benzene rings is 2. The van der Waals surface area contributed by atoms with Crippen LogP contribution in [0.2, 0.25) is 0 Å². The predicted octanol–water partition coefficient (Wildman–Crippen LogP) is 2.82. The van der Waals surface area contributed by atoms with Gasteiger partial charge in [-0.3, -0.25) is 20.4 Å². The van der Waals surface area contributed by atoms with Crippen molar-refractivity contribution in [1.29, 1.82) is 0 Å². The summed E-state index contributed by atoms with van der Waals surface area (Å²) in [5.74, 6) is 1.07.